The van der Waals surface area contributed by atoms with Gasteiger partial charge in [0.2, 0.25) is 0 Å². The van der Waals surface area contributed by atoms with Crippen molar-refractivity contribution in [3.8, 4) is 11.5 Å². The predicted octanol–water partition coefficient (Wildman–Crippen LogP) is 3.23. The van der Waals surface area contributed by atoms with E-state index in [-0.39, 0.29) is 18.3 Å². The highest BCUT2D eigenvalue weighted by molar-refractivity contribution is 7.99. The van der Waals surface area contributed by atoms with E-state index in [1.165, 1.54) is 12.1 Å². The van der Waals surface area contributed by atoms with Gasteiger partial charge in [0.1, 0.15) is 17.3 Å². The minimum atomic E-state index is -0.375. The summed E-state index contributed by atoms with van der Waals surface area (Å²) in [5, 5.41) is 4.14. The van der Waals surface area contributed by atoms with Crippen LogP contribution in [0.2, 0.25) is 0 Å². The second-order valence-corrected chi connectivity index (χ2v) is 6.43. The van der Waals surface area contributed by atoms with E-state index in [9.17, 15) is 9.18 Å². The molecule has 2 aromatic carbocycles. The van der Waals surface area contributed by atoms with Crippen molar-refractivity contribution in [1.82, 2.24) is 5.43 Å². The van der Waals surface area contributed by atoms with E-state index < -0.39 is 0 Å². The topological polar surface area (TPSA) is 59.9 Å². The normalized spacial score (nSPS) is 14.7. The molecule has 1 aliphatic rings. The maximum atomic E-state index is 13.4. The number of carbonyl (C=O) groups is 1. The number of amides is 1. The van der Waals surface area contributed by atoms with Gasteiger partial charge in [0, 0.05) is 22.6 Å². The summed E-state index contributed by atoms with van der Waals surface area (Å²) in [4.78, 5) is 12.9. The molecule has 0 spiro atoms. The second-order valence-electron chi connectivity index (χ2n) is 5.30. The first-order chi connectivity index (χ1) is 12.2. The standard InChI is InChI=1S/C18H17FN2O3S/c1-23-13-3-5-14(6-4-13)24-11-18(22)21-20-16-8-9-25-17-7-2-12(19)10-15(16)17/h2-7,10H,8-9,11H2,1H3,(H,21,22). The number of methoxy groups -OCH3 is 1. The summed E-state index contributed by atoms with van der Waals surface area (Å²) in [7, 11) is 1.58. The van der Waals surface area contributed by atoms with Crippen LogP contribution in [0.25, 0.3) is 0 Å². The molecule has 2 aromatic rings. The van der Waals surface area contributed by atoms with Crippen LogP contribution in [-0.4, -0.2) is 31.1 Å². The third-order valence-corrected chi connectivity index (χ3v) is 4.67. The van der Waals surface area contributed by atoms with Gasteiger partial charge < -0.3 is 9.47 Å². The minimum absolute atomic E-state index is 0.159. The molecule has 0 bridgehead atoms. The summed E-state index contributed by atoms with van der Waals surface area (Å²) >= 11 is 1.65. The highest BCUT2D eigenvalue weighted by Gasteiger charge is 2.17. The van der Waals surface area contributed by atoms with E-state index in [0.717, 1.165) is 16.2 Å². The van der Waals surface area contributed by atoms with E-state index >= 15 is 0 Å². The van der Waals surface area contributed by atoms with Gasteiger partial charge in [0.15, 0.2) is 6.61 Å². The smallest absolute Gasteiger partial charge is 0.277 e. The van der Waals surface area contributed by atoms with Crippen LogP contribution in [-0.2, 0) is 4.79 Å². The van der Waals surface area contributed by atoms with Gasteiger partial charge in [-0.3, -0.25) is 4.79 Å². The third-order valence-electron chi connectivity index (χ3n) is 3.59. The molecule has 0 radical (unpaired) electrons. The van der Waals surface area contributed by atoms with Crippen molar-refractivity contribution in [1.29, 1.82) is 0 Å². The number of halogens is 1. The van der Waals surface area contributed by atoms with Crippen molar-refractivity contribution in [2.24, 2.45) is 5.10 Å². The first-order valence-corrected chi connectivity index (χ1v) is 8.69. The van der Waals surface area contributed by atoms with E-state index in [1.54, 1.807) is 49.2 Å². The molecule has 1 aliphatic heterocycles. The first kappa shape index (κ1) is 17.3. The molecule has 0 atom stereocenters. The minimum Gasteiger partial charge on any atom is -0.497 e. The Morgan fingerprint density at radius 2 is 2.00 bits per heavy atom. The average Bonchev–Trinajstić information content (AvgIpc) is 2.65. The SMILES string of the molecule is COc1ccc(OCC(=O)NN=C2CCSc3ccc(F)cc32)cc1. The Hall–Kier alpha value is -2.54. The van der Waals surface area contributed by atoms with Crippen LogP contribution in [0, 0.1) is 5.82 Å². The summed E-state index contributed by atoms with van der Waals surface area (Å²) in [6.45, 7) is -0.159. The van der Waals surface area contributed by atoms with E-state index in [2.05, 4.69) is 10.5 Å². The number of hydrogen-bond acceptors (Lipinski definition) is 5. The van der Waals surface area contributed by atoms with Crippen LogP contribution in [0.5, 0.6) is 11.5 Å². The molecule has 0 saturated heterocycles. The fourth-order valence-corrected chi connectivity index (χ4v) is 3.36. The van der Waals surface area contributed by atoms with Crippen molar-refractivity contribution in [3.05, 3.63) is 53.8 Å². The van der Waals surface area contributed by atoms with Gasteiger partial charge in [-0.1, -0.05) is 0 Å². The number of rotatable bonds is 5. The zero-order chi connectivity index (χ0) is 17.6. The number of nitrogens with one attached hydrogen (secondary N) is 1. The van der Waals surface area contributed by atoms with Gasteiger partial charge in [-0.2, -0.15) is 5.10 Å². The summed E-state index contributed by atoms with van der Waals surface area (Å²) < 4.78 is 23.9. The maximum absolute atomic E-state index is 13.4. The molecular formula is C18H17FN2O3S. The van der Waals surface area contributed by atoms with E-state index in [1.807, 2.05) is 0 Å². The van der Waals surface area contributed by atoms with Gasteiger partial charge in [0.25, 0.3) is 5.91 Å². The Morgan fingerprint density at radius 1 is 1.24 bits per heavy atom. The fourth-order valence-electron chi connectivity index (χ4n) is 2.34. The van der Waals surface area contributed by atoms with Crippen molar-refractivity contribution in [2.75, 3.05) is 19.5 Å². The number of hydrogen-bond donors (Lipinski definition) is 1. The number of hydrazone groups is 1. The van der Waals surface area contributed by atoms with E-state index in [4.69, 9.17) is 9.47 Å². The zero-order valence-corrected chi connectivity index (χ0v) is 14.4. The maximum Gasteiger partial charge on any atom is 0.277 e. The molecule has 0 aliphatic carbocycles. The lowest BCUT2D eigenvalue weighted by Crippen LogP contribution is -2.26. The lowest BCUT2D eigenvalue weighted by molar-refractivity contribution is -0.123. The Morgan fingerprint density at radius 3 is 2.76 bits per heavy atom. The van der Waals surface area contributed by atoms with Gasteiger partial charge in [-0.25, -0.2) is 9.82 Å². The van der Waals surface area contributed by atoms with Gasteiger partial charge in [-0.05, 0) is 42.5 Å². The number of ether oxygens (including phenoxy) is 2. The lowest BCUT2D eigenvalue weighted by Gasteiger charge is -2.17. The molecule has 25 heavy (non-hydrogen) atoms. The molecule has 7 heteroatoms. The molecule has 130 valence electrons. The zero-order valence-electron chi connectivity index (χ0n) is 13.6. The summed E-state index contributed by atoms with van der Waals surface area (Å²) in [5.74, 6) is 1.42. The highest BCUT2D eigenvalue weighted by Crippen LogP contribution is 2.30. The fraction of sp³-hybridized carbons (Fsp3) is 0.222. The van der Waals surface area contributed by atoms with Gasteiger partial charge in [0.05, 0.1) is 12.8 Å². The van der Waals surface area contributed by atoms with Crippen LogP contribution >= 0.6 is 11.8 Å². The molecule has 0 unspecified atom stereocenters. The van der Waals surface area contributed by atoms with Crippen molar-refractivity contribution < 1.29 is 18.7 Å². The Labute approximate surface area is 149 Å². The molecule has 0 saturated carbocycles. The number of fused-ring (bicyclic) bond motifs is 1. The molecule has 1 heterocycles. The summed E-state index contributed by atoms with van der Waals surface area (Å²) in [5.41, 5.74) is 3.87. The second kappa shape index (κ2) is 8.02. The van der Waals surface area contributed by atoms with Crippen molar-refractivity contribution in [3.63, 3.8) is 0 Å². The van der Waals surface area contributed by atoms with Gasteiger partial charge in [-0.15, -0.1) is 11.8 Å². The van der Waals surface area contributed by atoms with Crippen LogP contribution < -0.4 is 14.9 Å². The molecular weight excluding hydrogens is 343 g/mol. The largest absolute Gasteiger partial charge is 0.497 e. The van der Waals surface area contributed by atoms with E-state index in [0.29, 0.717) is 23.6 Å². The average molecular weight is 360 g/mol. The number of benzene rings is 2. The predicted molar refractivity (Wildman–Crippen MR) is 94.9 cm³/mol. The molecule has 3 rings (SSSR count). The Balaban J connectivity index is 1.58. The summed E-state index contributed by atoms with van der Waals surface area (Å²) in [6, 6.07) is 11.5. The summed E-state index contributed by atoms with van der Waals surface area (Å²) in [6.07, 6.45) is 0.667. The third kappa shape index (κ3) is 4.51. The molecule has 0 aromatic heterocycles. The van der Waals surface area contributed by atoms with Crippen LogP contribution in [0.1, 0.15) is 12.0 Å². The van der Waals surface area contributed by atoms with Crippen LogP contribution in [0.4, 0.5) is 4.39 Å². The van der Waals surface area contributed by atoms with Crippen molar-refractivity contribution in [2.45, 2.75) is 11.3 Å². The number of carbonyl (C=O) groups excluding carboxylic acids is 1. The molecule has 1 N–H and O–H groups in total. The Kier molecular flexibility index (Phi) is 5.55. The van der Waals surface area contributed by atoms with Gasteiger partial charge >= 0.3 is 0 Å². The highest BCUT2D eigenvalue weighted by atomic mass is 32.2. The van der Waals surface area contributed by atoms with Crippen LogP contribution in [0.3, 0.4) is 0 Å². The Bertz CT molecular complexity index is 793. The monoisotopic (exact) mass is 360 g/mol. The first-order valence-electron chi connectivity index (χ1n) is 7.70. The number of nitrogens with zero attached hydrogens (tertiary/aromatic N) is 1. The lowest BCUT2D eigenvalue weighted by atomic mass is 10.1. The molecule has 1 amide bonds. The molecule has 0 fully saturated rings. The molecule has 5 nitrogen and oxygen atoms in total. The number of thioether (sulfide) groups is 1. The quantitative estimate of drug-likeness (QED) is 0.832. The van der Waals surface area contributed by atoms with Crippen molar-refractivity contribution >= 4 is 23.4 Å². The van der Waals surface area contributed by atoms with Crippen LogP contribution in [0.15, 0.2) is 52.5 Å².